The normalized spacial score (nSPS) is 17.7. The van der Waals surface area contributed by atoms with E-state index in [4.69, 9.17) is 9.15 Å². The number of rotatable bonds is 8. The van der Waals surface area contributed by atoms with Crippen molar-refractivity contribution in [2.45, 2.75) is 72.6 Å². The zero-order chi connectivity index (χ0) is 45.7. The van der Waals surface area contributed by atoms with Crippen molar-refractivity contribution in [1.82, 2.24) is 0 Å². The van der Waals surface area contributed by atoms with Crippen LogP contribution in [0.2, 0.25) is 0 Å². The third-order valence-electron chi connectivity index (χ3n) is 14.4. The summed E-state index contributed by atoms with van der Waals surface area (Å²) in [6.45, 7) is 16.0. The van der Waals surface area contributed by atoms with Crippen molar-refractivity contribution in [3.05, 3.63) is 220 Å². The van der Waals surface area contributed by atoms with Gasteiger partial charge in [-0.15, -0.1) is 0 Å². The second-order valence-electron chi connectivity index (χ2n) is 20.4. The molecule has 0 radical (unpaired) electrons. The molecule has 5 aliphatic rings. The Morgan fingerprint density at radius 3 is 2.13 bits per heavy atom. The first-order valence-corrected chi connectivity index (χ1v) is 23.9. The summed E-state index contributed by atoms with van der Waals surface area (Å²) in [5, 5.41) is 2.08. The van der Waals surface area contributed by atoms with Crippen molar-refractivity contribution in [3.8, 4) is 5.75 Å². The molecule has 4 heteroatoms. The quantitative estimate of drug-likeness (QED) is 0.152. The molecule has 0 N–H and O–H groups in total. The molecule has 0 saturated carbocycles. The summed E-state index contributed by atoms with van der Waals surface area (Å²) in [5.41, 5.74) is 19.7. The number of furan rings is 1. The number of fused-ring (bicyclic) bond motifs is 7. The lowest BCUT2D eigenvalue weighted by atomic mass is 9.65. The zero-order valence-electron chi connectivity index (χ0n) is 39.3. The van der Waals surface area contributed by atoms with Crippen LogP contribution in [0.4, 0.5) is 28.4 Å². The molecule has 0 fully saturated rings. The lowest BCUT2D eigenvalue weighted by molar-refractivity contribution is 0.407. The fourth-order valence-electron chi connectivity index (χ4n) is 10.8. The summed E-state index contributed by atoms with van der Waals surface area (Å²) in [6, 6.07) is 46.2. The van der Waals surface area contributed by atoms with Gasteiger partial charge < -0.3 is 19.0 Å². The van der Waals surface area contributed by atoms with Crippen molar-refractivity contribution in [2.75, 3.05) is 9.80 Å². The predicted molar refractivity (Wildman–Crippen MR) is 279 cm³/mol. The standard InChI is InChI=1S/C63H54N2O2/c1-38(2)40-16-22-46(23-17-40)64(48-26-28-50-35-44(34-48)51-12-8-10-14-58(51)66-50)56-37-57(54-30-21-43-33-45(63(5,6)7)32-42-20-29-53(56)62(54)61(42)43)65(47-24-18-41(19-25-47)39(3)4)49-27-31-60-55(36-49)52-13-9-11-15-59(52)67-60/h8-10,12-14,16-34,36-39,43,61H,35H2,1-7H3. The maximum absolute atomic E-state index is 6.51. The van der Waals surface area contributed by atoms with Crippen LogP contribution < -0.4 is 14.5 Å². The van der Waals surface area contributed by atoms with Gasteiger partial charge in [-0.25, -0.2) is 0 Å². The topological polar surface area (TPSA) is 28.9 Å². The lowest BCUT2D eigenvalue weighted by Crippen LogP contribution is -2.27. The number of hydrogen-bond acceptors (Lipinski definition) is 4. The third-order valence-corrected chi connectivity index (χ3v) is 14.4. The summed E-state index contributed by atoms with van der Waals surface area (Å²) >= 11 is 0. The van der Waals surface area contributed by atoms with Gasteiger partial charge in [-0.05, 0) is 142 Å². The number of hydrogen-bond donors (Lipinski definition) is 0. The van der Waals surface area contributed by atoms with Gasteiger partial charge in [-0.2, -0.15) is 0 Å². The van der Waals surface area contributed by atoms with Crippen LogP contribution in [0, 0.1) is 23.5 Å². The van der Waals surface area contributed by atoms with Crippen LogP contribution >= 0.6 is 0 Å². The highest BCUT2D eigenvalue weighted by molar-refractivity contribution is 6.06. The van der Waals surface area contributed by atoms with E-state index in [1.165, 1.54) is 44.5 Å². The van der Waals surface area contributed by atoms with Crippen molar-refractivity contribution in [1.29, 1.82) is 0 Å². The number of anilines is 5. The van der Waals surface area contributed by atoms with E-state index in [1.807, 2.05) is 6.07 Å². The molecule has 2 unspecified atom stereocenters. The Balaban J connectivity index is 1.16. The first kappa shape index (κ1) is 41.0. The van der Waals surface area contributed by atoms with Crippen molar-refractivity contribution >= 4 is 68.1 Å². The van der Waals surface area contributed by atoms with Gasteiger partial charge in [0.1, 0.15) is 17.1 Å². The largest absolute Gasteiger partial charge is 0.461 e. The van der Waals surface area contributed by atoms with Crippen molar-refractivity contribution < 1.29 is 9.15 Å². The molecular formula is C63H54N2O2. The molecule has 4 nitrogen and oxygen atoms in total. The first-order valence-electron chi connectivity index (χ1n) is 23.9. The van der Waals surface area contributed by atoms with Gasteiger partial charge in [0.15, 0.2) is 5.58 Å². The fourth-order valence-corrected chi connectivity index (χ4v) is 10.8. The summed E-state index contributed by atoms with van der Waals surface area (Å²) in [6.07, 6.45) is 22.2. The molecule has 0 saturated heterocycles. The van der Waals surface area contributed by atoms with Crippen molar-refractivity contribution in [3.63, 3.8) is 0 Å². The second-order valence-corrected chi connectivity index (χ2v) is 20.4. The first-order chi connectivity index (χ1) is 32.5. The monoisotopic (exact) mass is 870 g/mol. The molecule has 12 rings (SSSR count). The fraction of sp³-hybridized carbons (Fsp3) is 0.206. The average molecular weight is 871 g/mol. The molecule has 328 valence electrons. The molecule has 6 aromatic carbocycles. The maximum atomic E-state index is 6.51. The highest BCUT2D eigenvalue weighted by Gasteiger charge is 2.39. The molecule has 7 aromatic rings. The van der Waals surface area contributed by atoms with Gasteiger partial charge in [0, 0.05) is 68.5 Å². The van der Waals surface area contributed by atoms with Crippen LogP contribution in [0.15, 0.2) is 179 Å². The smallest absolute Gasteiger partial charge is 0.185 e. The van der Waals surface area contributed by atoms with Crippen LogP contribution in [0.1, 0.15) is 106 Å². The Morgan fingerprint density at radius 2 is 1.39 bits per heavy atom. The third kappa shape index (κ3) is 6.91. The zero-order valence-corrected chi connectivity index (χ0v) is 39.3. The van der Waals surface area contributed by atoms with Gasteiger partial charge in [0.05, 0.1) is 11.4 Å². The molecule has 1 aliphatic heterocycles. The Hall–Kier alpha value is -7.48. The lowest BCUT2D eigenvalue weighted by Gasteiger charge is -2.42. The number of allylic oxidation sites excluding steroid dienone is 10. The average Bonchev–Trinajstić information content (AvgIpc) is 3.62. The van der Waals surface area contributed by atoms with E-state index in [0.717, 1.165) is 74.0 Å². The molecule has 0 spiro atoms. The Morgan fingerprint density at radius 1 is 0.687 bits per heavy atom. The van der Waals surface area contributed by atoms with E-state index in [-0.39, 0.29) is 17.3 Å². The van der Waals surface area contributed by atoms with Gasteiger partial charge in [0.25, 0.3) is 0 Å². The molecule has 1 aromatic heterocycles. The SMILES string of the molecule is CC(C)c1ccc(N(C2=CC=C3CC(=C2)c2ccccc2O3)c2cc(N(c3ccc(C(C)C)cc3)c3ccc4oc5c#cccc5c4c3)c3c4c2C=CC2=CC(C(C)(C)C)=CC(C=C3)C24)cc1. The molecule has 0 amide bonds. The molecule has 67 heavy (non-hydrogen) atoms. The van der Waals surface area contributed by atoms with Crippen LogP contribution in [0.3, 0.4) is 0 Å². The second kappa shape index (κ2) is 15.6. The minimum atomic E-state index is 0.0191. The molecule has 2 bridgehead atoms. The van der Waals surface area contributed by atoms with E-state index in [2.05, 4.69) is 228 Å². The van der Waals surface area contributed by atoms with E-state index in [9.17, 15) is 0 Å². The summed E-state index contributed by atoms with van der Waals surface area (Å²) in [7, 11) is 0. The maximum Gasteiger partial charge on any atom is 0.185 e. The predicted octanol–water partition coefficient (Wildman–Crippen LogP) is 17.4. The summed E-state index contributed by atoms with van der Waals surface area (Å²) < 4.78 is 12.9. The van der Waals surface area contributed by atoms with Gasteiger partial charge in [-0.3, -0.25) is 0 Å². The van der Waals surface area contributed by atoms with Gasteiger partial charge in [0.2, 0.25) is 0 Å². The van der Waals surface area contributed by atoms with Crippen LogP contribution in [0.5, 0.6) is 5.75 Å². The molecule has 2 heterocycles. The Kier molecular flexibility index (Phi) is 9.52. The van der Waals surface area contributed by atoms with Crippen LogP contribution in [-0.4, -0.2) is 0 Å². The van der Waals surface area contributed by atoms with Crippen LogP contribution in [0.25, 0.3) is 39.7 Å². The summed E-state index contributed by atoms with van der Waals surface area (Å²) in [5.74, 6) is 3.01. The minimum absolute atomic E-state index is 0.0191. The highest BCUT2D eigenvalue weighted by atomic mass is 16.5. The minimum Gasteiger partial charge on any atom is -0.461 e. The summed E-state index contributed by atoms with van der Waals surface area (Å²) in [4.78, 5) is 4.98. The highest BCUT2D eigenvalue weighted by Crippen LogP contribution is 2.57. The number of benzene rings is 5. The Bertz CT molecular complexity index is 3390. The van der Waals surface area contributed by atoms with Crippen LogP contribution in [-0.2, 0) is 0 Å². The Labute approximate surface area is 394 Å². The van der Waals surface area contributed by atoms with E-state index < -0.39 is 0 Å². The van der Waals surface area contributed by atoms with Gasteiger partial charge >= 0.3 is 0 Å². The number of para-hydroxylation sites is 1. The number of nitrogens with zero attached hydrogens (tertiary/aromatic N) is 2. The molecular weight excluding hydrogens is 817 g/mol. The van der Waals surface area contributed by atoms with Crippen molar-refractivity contribution in [2.24, 2.45) is 11.3 Å². The van der Waals surface area contributed by atoms with Gasteiger partial charge in [-0.1, -0.05) is 133 Å². The molecule has 2 atom stereocenters. The van der Waals surface area contributed by atoms with E-state index in [0.29, 0.717) is 17.4 Å². The van der Waals surface area contributed by atoms with E-state index in [1.54, 1.807) is 0 Å². The number of ether oxygens (including phenoxy) is 1. The van der Waals surface area contributed by atoms with E-state index >= 15 is 0 Å². The molecule has 4 aliphatic carbocycles.